The van der Waals surface area contributed by atoms with Gasteiger partial charge in [0.2, 0.25) is 0 Å². The predicted octanol–water partition coefficient (Wildman–Crippen LogP) is 4.59. The molecule has 6 heteroatoms. The van der Waals surface area contributed by atoms with Crippen LogP contribution in [-0.2, 0) is 9.59 Å². The number of hydrogen-bond donors (Lipinski definition) is 2. The Balaban J connectivity index is 2.09. The first-order chi connectivity index (χ1) is 12.9. The maximum absolute atomic E-state index is 13.2. The summed E-state index contributed by atoms with van der Waals surface area (Å²) in [5.74, 6) is -1.44. The number of carboxylic acid groups (broad SMARTS) is 1. The van der Waals surface area contributed by atoms with Crippen LogP contribution < -0.4 is 0 Å². The second kappa shape index (κ2) is 8.06. The standard InChI is InChI=1S/C21H19NO3S2/c1-13(2)16(14-9-5-3-6-10-14)18-19(23)22(21(26)27-18)17(20(24)25)15-11-7-4-8-12-15/h3-12,17,21,26H,1H2,2H3,(H,24,25)/b18-16+. The van der Waals surface area contributed by atoms with Crippen molar-refractivity contribution in [2.45, 2.75) is 17.7 Å². The lowest BCUT2D eigenvalue weighted by molar-refractivity contribution is -0.148. The van der Waals surface area contributed by atoms with Gasteiger partial charge in [-0.15, -0.1) is 12.6 Å². The number of carbonyl (C=O) groups is 2. The van der Waals surface area contributed by atoms with Gasteiger partial charge in [-0.3, -0.25) is 9.69 Å². The van der Waals surface area contributed by atoms with E-state index in [1.807, 2.05) is 37.3 Å². The smallest absolute Gasteiger partial charge is 0.331 e. The summed E-state index contributed by atoms with van der Waals surface area (Å²) in [5.41, 5.74) is 2.88. The van der Waals surface area contributed by atoms with Crippen molar-refractivity contribution in [3.05, 3.63) is 88.8 Å². The van der Waals surface area contributed by atoms with Gasteiger partial charge in [-0.05, 0) is 23.6 Å². The van der Waals surface area contributed by atoms with Gasteiger partial charge < -0.3 is 5.11 Å². The molecule has 1 fully saturated rings. The van der Waals surface area contributed by atoms with Gasteiger partial charge in [-0.25, -0.2) is 4.79 Å². The fraction of sp³-hybridized carbons (Fsp3) is 0.143. The zero-order valence-corrected chi connectivity index (χ0v) is 16.4. The lowest BCUT2D eigenvalue weighted by Crippen LogP contribution is -2.38. The minimum atomic E-state index is -1.10. The molecule has 1 heterocycles. The second-order valence-electron chi connectivity index (χ2n) is 6.16. The van der Waals surface area contributed by atoms with Gasteiger partial charge in [0.15, 0.2) is 6.04 Å². The third-order valence-corrected chi connectivity index (χ3v) is 5.85. The second-order valence-corrected chi connectivity index (χ2v) is 8.09. The number of amides is 1. The van der Waals surface area contributed by atoms with Crippen LogP contribution in [0.5, 0.6) is 0 Å². The molecule has 2 atom stereocenters. The molecule has 0 aromatic heterocycles. The third kappa shape index (κ3) is 3.82. The first-order valence-electron chi connectivity index (χ1n) is 8.32. The van der Waals surface area contributed by atoms with Crippen molar-refractivity contribution in [2.24, 2.45) is 0 Å². The molecule has 1 saturated heterocycles. The van der Waals surface area contributed by atoms with E-state index in [1.54, 1.807) is 30.3 Å². The van der Waals surface area contributed by atoms with Gasteiger partial charge >= 0.3 is 5.97 Å². The Hall–Kier alpha value is -2.44. The topological polar surface area (TPSA) is 57.6 Å². The maximum Gasteiger partial charge on any atom is 0.331 e. The molecular formula is C21H19NO3S2. The van der Waals surface area contributed by atoms with Crippen LogP contribution in [0.1, 0.15) is 24.1 Å². The molecule has 138 valence electrons. The zero-order chi connectivity index (χ0) is 19.6. The average Bonchev–Trinajstić information content (AvgIpc) is 2.92. The van der Waals surface area contributed by atoms with Gasteiger partial charge in [0, 0.05) is 5.57 Å². The Morgan fingerprint density at radius 1 is 1.15 bits per heavy atom. The highest BCUT2D eigenvalue weighted by atomic mass is 32.2. The number of hydrogen-bond acceptors (Lipinski definition) is 4. The fourth-order valence-electron chi connectivity index (χ4n) is 3.07. The molecule has 1 aliphatic rings. The van der Waals surface area contributed by atoms with Crippen molar-refractivity contribution in [1.29, 1.82) is 0 Å². The Bertz CT molecular complexity index is 910. The maximum atomic E-state index is 13.2. The molecule has 2 aromatic carbocycles. The van der Waals surface area contributed by atoms with Crippen LogP contribution in [0.15, 0.2) is 77.7 Å². The van der Waals surface area contributed by atoms with Crippen LogP contribution in [0, 0.1) is 0 Å². The van der Waals surface area contributed by atoms with Gasteiger partial charge in [-0.2, -0.15) is 0 Å². The van der Waals surface area contributed by atoms with E-state index < -0.39 is 16.7 Å². The quantitative estimate of drug-likeness (QED) is 0.572. The summed E-state index contributed by atoms with van der Waals surface area (Å²) in [6, 6.07) is 17.1. The number of aliphatic carboxylic acids is 1. The van der Waals surface area contributed by atoms with Crippen molar-refractivity contribution >= 4 is 41.8 Å². The molecule has 3 rings (SSSR count). The van der Waals surface area contributed by atoms with E-state index in [-0.39, 0.29) is 5.91 Å². The Morgan fingerprint density at radius 3 is 2.22 bits per heavy atom. The predicted molar refractivity (Wildman–Crippen MR) is 112 cm³/mol. The van der Waals surface area contributed by atoms with E-state index in [9.17, 15) is 14.7 Å². The molecule has 0 saturated carbocycles. The van der Waals surface area contributed by atoms with Crippen LogP contribution >= 0.6 is 24.4 Å². The molecule has 0 spiro atoms. The molecule has 4 nitrogen and oxygen atoms in total. The van der Waals surface area contributed by atoms with E-state index >= 15 is 0 Å². The molecule has 1 aliphatic heterocycles. The molecule has 1 amide bonds. The van der Waals surface area contributed by atoms with Crippen LogP contribution in [0.2, 0.25) is 0 Å². The zero-order valence-electron chi connectivity index (χ0n) is 14.7. The lowest BCUT2D eigenvalue weighted by atomic mass is 9.99. The number of benzene rings is 2. The van der Waals surface area contributed by atoms with E-state index in [2.05, 4.69) is 19.2 Å². The van der Waals surface area contributed by atoms with Crippen molar-refractivity contribution in [1.82, 2.24) is 4.90 Å². The SMILES string of the molecule is C=C(C)/C(=C1\SC(S)N(C(C(=O)O)c2ccccc2)C1=O)c1ccccc1. The van der Waals surface area contributed by atoms with Crippen molar-refractivity contribution in [2.75, 3.05) is 0 Å². The summed E-state index contributed by atoms with van der Waals surface area (Å²) in [7, 11) is 0. The van der Waals surface area contributed by atoms with Gasteiger partial charge in [0.25, 0.3) is 5.91 Å². The number of carboxylic acids is 1. The van der Waals surface area contributed by atoms with Crippen LogP contribution in [0.3, 0.4) is 0 Å². The highest BCUT2D eigenvalue weighted by Gasteiger charge is 2.43. The van der Waals surface area contributed by atoms with Gasteiger partial charge in [0.1, 0.15) is 4.71 Å². The number of allylic oxidation sites excluding steroid dienone is 2. The fourth-order valence-corrected chi connectivity index (χ4v) is 4.79. The van der Waals surface area contributed by atoms with E-state index in [4.69, 9.17) is 0 Å². The summed E-state index contributed by atoms with van der Waals surface area (Å²) < 4.78 is -0.605. The number of nitrogens with zero attached hydrogens (tertiary/aromatic N) is 1. The molecule has 0 radical (unpaired) electrons. The van der Waals surface area contributed by atoms with E-state index in [0.717, 1.165) is 16.7 Å². The largest absolute Gasteiger partial charge is 0.479 e. The first kappa shape index (κ1) is 19.3. The molecular weight excluding hydrogens is 378 g/mol. The summed E-state index contributed by atoms with van der Waals surface area (Å²) in [4.78, 5) is 27.0. The van der Waals surface area contributed by atoms with Crippen LogP contribution in [-0.4, -0.2) is 26.6 Å². The molecule has 1 N–H and O–H groups in total. The molecule has 2 aromatic rings. The summed E-state index contributed by atoms with van der Waals surface area (Å²) >= 11 is 5.76. The van der Waals surface area contributed by atoms with E-state index in [1.165, 1.54) is 16.7 Å². The molecule has 0 aliphatic carbocycles. The van der Waals surface area contributed by atoms with Gasteiger partial charge in [0.05, 0.1) is 4.91 Å². The normalized spacial score (nSPS) is 19.7. The first-order valence-corrected chi connectivity index (χ1v) is 9.72. The summed E-state index contributed by atoms with van der Waals surface area (Å²) in [6.07, 6.45) is 0. The number of carbonyl (C=O) groups excluding carboxylic acids is 1. The summed E-state index contributed by atoms with van der Waals surface area (Å²) in [5, 5.41) is 9.80. The van der Waals surface area contributed by atoms with E-state index in [0.29, 0.717) is 10.5 Å². The highest BCUT2D eigenvalue weighted by Crippen LogP contribution is 2.46. The van der Waals surface area contributed by atoms with Crippen molar-refractivity contribution < 1.29 is 14.7 Å². The average molecular weight is 398 g/mol. The Morgan fingerprint density at radius 2 is 1.70 bits per heavy atom. The number of thiol groups is 1. The van der Waals surface area contributed by atoms with Gasteiger partial charge in [-0.1, -0.05) is 79.0 Å². The van der Waals surface area contributed by atoms with Crippen LogP contribution in [0.25, 0.3) is 5.57 Å². The number of rotatable bonds is 5. The summed E-state index contributed by atoms with van der Waals surface area (Å²) in [6.45, 7) is 5.85. The number of thioether (sulfide) groups is 1. The molecule has 0 bridgehead atoms. The monoisotopic (exact) mass is 397 g/mol. The molecule has 27 heavy (non-hydrogen) atoms. The molecule has 2 unspecified atom stereocenters. The van der Waals surface area contributed by atoms with Crippen molar-refractivity contribution in [3.63, 3.8) is 0 Å². The van der Waals surface area contributed by atoms with Crippen LogP contribution in [0.4, 0.5) is 0 Å². The third-order valence-electron chi connectivity index (χ3n) is 4.23. The minimum absolute atomic E-state index is 0.349. The van der Waals surface area contributed by atoms with Crippen molar-refractivity contribution in [3.8, 4) is 0 Å². The Kier molecular flexibility index (Phi) is 5.77. The lowest BCUT2D eigenvalue weighted by Gasteiger charge is -2.27. The Labute approximate surface area is 168 Å². The highest BCUT2D eigenvalue weighted by molar-refractivity contribution is 8.14. The minimum Gasteiger partial charge on any atom is -0.479 e.